The first-order valence-electron chi connectivity index (χ1n) is 5.93. The Morgan fingerprint density at radius 1 is 1.00 bits per heavy atom. The Hall–Kier alpha value is -2.36. The van der Waals surface area contributed by atoms with Crippen molar-refractivity contribution in [2.75, 3.05) is 0 Å². The minimum Gasteiger partial charge on any atom is -0.481 e. The van der Waals surface area contributed by atoms with Crippen LogP contribution in [0, 0.1) is 12.8 Å². The zero-order valence-corrected chi connectivity index (χ0v) is 10.5. The van der Waals surface area contributed by atoms with Crippen molar-refractivity contribution in [1.82, 2.24) is 0 Å². The number of carbonyl (C=O) groups is 2. The molecule has 0 saturated carbocycles. The van der Waals surface area contributed by atoms with E-state index in [2.05, 4.69) is 0 Å². The van der Waals surface area contributed by atoms with Crippen molar-refractivity contribution in [3.8, 4) is 0 Å². The van der Waals surface area contributed by atoms with Crippen LogP contribution in [0.2, 0.25) is 0 Å². The summed E-state index contributed by atoms with van der Waals surface area (Å²) in [6, 6.07) is 11.3. The molecule has 0 heterocycles. The fourth-order valence-corrected chi connectivity index (χ4v) is 2.19. The summed E-state index contributed by atoms with van der Waals surface area (Å²) in [5.41, 5.74) is 1.83. The molecule has 2 N–H and O–H groups in total. The summed E-state index contributed by atoms with van der Waals surface area (Å²) in [7, 11) is 0. The lowest BCUT2D eigenvalue weighted by molar-refractivity contribution is -0.154. The van der Waals surface area contributed by atoms with Crippen molar-refractivity contribution in [2.45, 2.75) is 13.3 Å². The molecule has 0 aliphatic heterocycles. The molecule has 0 aliphatic carbocycles. The maximum absolute atomic E-state index is 11.0. The molecule has 0 atom stereocenters. The molecule has 98 valence electrons. The average molecular weight is 258 g/mol. The first-order valence-corrected chi connectivity index (χ1v) is 5.93. The smallest absolute Gasteiger partial charge is 0.318 e. The van der Waals surface area contributed by atoms with E-state index in [-0.39, 0.29) is 6.42 Å². The van der Waals surface area contributed by atoms with Crippen LogP contribution in [0.4, 0.5) is 0 Å². The van der Waals surface area contributed by atoms with Crippen LogP contribution in [0.25, 0.3) is 10.8 Å². The Labute approximate surface area is 110 Å². The van der Waals surface area contributed by atoms with Crippen LogP contribution in [0.5, 0.6) is 0 Å². The number of aliphatic carboxylic acids is 2. The summed E-state index contributed by atoms with van der Waals surface area (Å²) in [4.78, 5) is 21.9. The van der Waals surface area contributed by atoms with Gasteiger partial charge in [-0.2, -0.15) is 0 Å². The highest BCUT2D eigenvalue weighted by Gasteiger charge is 2.26. The summed E-state index contributed by atoms with van der Waals surface area (Å²) in [5, 5.41) is 19.8. The van der Waals surface area contributed by atoms with Gasteiger partial charge in [-0.05, 0) is 35.2 Å². The van der Waals surface area contributed by atoms with Gasteiger partial charge in [0.05, 0.1) is 0 Å². The van der Waals surface area contributed by atoms with E-state index in [9.17, 15) is 9.59 Å². The van der Waals surface area contributed by atoms with E-state index in [0.717, 1.165) is 21.9 Å². The van der Waals surface area contributed by atoms with Gasteiger partial charge in [0.25, 0.3) is 0 Å². The van der Waals surface area contributed by atoms with Crippen molar-refractivity contribution < 1.29 is 19.8 Å². The van der Waals surface area contributed by atoms with Crippen molar-refractivity contribution in [1.29, 1.82) is 0 Å². The predicted octanol–water partition coefficient (Wildman–Crippen LogP) is 2.48. The molecule has 19 heavy (non-hydrogen) atoms. The van der Waals surface area contributed by atoms with Gasteiger partial charge in [-0.3, -0.25) is 9.59 Å². The molecule has 2 rings (SSSR count). The van der Waals surface area contributed by atoms with Crippen LogP contribution in [0.3, 0.4) is 0 Å². The monoisotopic (exact) mass is 258 g/mol. The fourth-order valence-electron chi connectivity index (χ4n) is 2.19. The van der Waals surface area contributed by atoms with E-state index in [1.165, 1.54) is 0 Å². The Bertz CT molecular complexity index is 632. The molecular weight excluding hydrogens is 244 g/mol. The number of rotatable bonds is 4. The number of carboxylic acids is 2. The minimum absolute atomic E-state index is 0.00847. The molecule has 0 aromatic heterocycles. The summed E-state index contributed by atoms with van der Waals surface area (Å²) < 4.78 is 0. The van der Waals surface area contributed by atoms with E-state index >= 15 is 0 Å². The second kappa shape index (κ2) is 5.10. The Morgan fingerprint density at radius 2 is 1.58 bits per heavy atom. The normalized spacial score (nSPS) is 10.8. The van der Waals surface area contributed by atoms with Gasteiger partial charge in [0.1, 0.15) is 0 Å². The predicted molar refractivity (Wildman–Crippen MR) is 71.2 cm³/mol. The highest BCUT2D eigenvalue weighted by Crippen LogP contribution is 2.24. The molecule has 0 fully saturated rings. The first kappa shape index (κ1) is 13.1. The number of hydrogen-bond donors (Lipinski definition) is 2. The molecule has 0 spiro atoms. The maximum Gasteiger partial charge on any atom is 0.318 e. The van der Waals surface area contributed by atoms with Crippen molar-refractivity contribution in [2.24, 2.45) is 5.92 Å². The number of fused-ring (bicyclic) bond motifs is 1. The Balaban J connectivity index is 2.49. The van der Waals surface area contributed by atoms with Gasteiger partial charge in [0.2, 0.25) is 0 Å². The van der Waals surface area contributed by atoms with Gasteiger partial charge in [-0.1, -0.05) is 36.4 Å². The van der Waals surface area contributed by atoms with Gasteiger partial charge < -0.3 is 10.2 Å². The average Bonchev–Trinajstić information content (AvgIpc) is 2.37. The van der Waals surface area contributed by atoms with E-state index in [1.54, 1.807) is 6.07 Å². The SMILES string of the molecule is Cc1ccc(CC(C(=O)O)C(=O)O)c2ccccc12. The molecule has 2 aromatic carbocycles. The van der Waals surface area contributed by atoms with Crippen LogP contribution in [0.1, 0.15) is 11.1 Å². The van der Waals surface area contributed by atoms with E-state index in [4.69, 9.17) is 10.2 Å². The number of aryl methyl sites for hydroxylation is 1. The molecule has 2 aromatic rings. The lowest BCUT2D eigenvalue weighted by Gasteiger charge is -2.11. The van der Waals surface area contributed by atoms with E-state index in [0.29, 0.717) is 0 Å². The summed E-state index contributed by atoms with van der Waals surface area (Å²) in [6.07, 6.45) is -0.00847. The van der Waals surface area contributed by atoms with Crippen LogP contribution < -0.4 is 0 Å². The van der Waals surface area contributed by atoms with Gasteiger partial charge in [0.15, 0.2) is 5.92 Å². The van der Waals surface area contributed by atoms with Gasteiger partial charge in [-0.25, -0.2) is 0 Å². The van der Waals surface area contributed by atoms with Crippen LogP contribution >= 0.6 is 0 Å². The van der Waals surface area contributed by atoms with Crippen LogP contribution in [-0.4, -0.2) is 22.2 Å². The Morgan fingerprint density at radius 3 is 2.16 bits per heavy atom. The third-order valence-corrected chi connectivity index (χ3v) is 3.25. The third kappa shape index (κ3) is 2.57. The molecule has 0 bridgehead atoms. The molecule has 4 heteroatoms. The van der Waals surface area contributed by atoms with Crippen LogP contribution in [0.15, 0.2) is 36.4 Å². The molecule has 0 aliphatic rings. The quantitative estimate of drug-likeness (QED) is 0.826. The van der Waals surface area contributed by atoms with Crippen molar-refractivity contribution in [3.05, 3.63) is 47.5 Å². The standard InChI is InChI=1S/C15H14O4/c1-9-6-7-10(8-13(14(16)17)15(18)19)12-5-3-2-4-11(9)12/h2-7,13H,8H2,1H3,(H,16,17)(H,18,19). The summed E-state index contributed by atoms with van der Waals surface area (Å²) in [6.45, 7) is 1.97. The molecule has 0 amide bonds. The molecule has 4 nitrogen and oxygen atoms in total. The van der Waals surface area contributed by atoms with Crippen molar-refractivity contribution in [3.63, 3.8) is 0 Å². The third-order valence-electron chi connectivity index (χ3n) is 3.25. The first-order chi connectivity index (χ1) is 9.00. The lowest BCUT2D eigenvalue weighted by Crippen LogP contribution is -2.25. The maximum atomic E-state index is 11.0. The van der Waals surface area contributed by atoms with Crippen LogP contribution in [-0.2, 0) is 16.0 Å². The Kier molecular flexibility index (Phi) is 3.51. The zero-order valence-electron chi connectivity index (χ0n) is 10.5. The molecule has 0 radical (unpaired) electrons. The van der Waals surface area contributed by atoms with E-state index < -0.39 is 17.9 Å². The highest BCUT2D eigenvalue weighted by atomic mass is 16.4. The second-order valence-corrected chi connectivity index (χ2v) is 4.52. The number of benzene rings is 2. The second-order valence-electron chi connectivity index (χ2n) is 4.52. The fraction of sp³-hybridized carbons (Fsp3) is 0.200. The van der Waals surface area contributed by atoms with E-state index in [1.807, 2.05) is 37.3 Å². The number of hydrogen-bond acceptors (Lipinski definition) is 2. The minimum atomic E-state index is -1.41. The topological polar surface area (TPSA) is 74.6 Å². The molecule has 0 saturated heterocycles. The molecular formula is C15H14O4. The largest absolute Gasteiger partial charge is 0.481 e. The molecule has 0 unspecified atom stereocenters. The summed E-state index contributed by atoms with van der Waals surface area (Å²) in [5.74, 6) is -4.03. The lowest BCUT2D eigenvalue weighted by atomic mass is 9.93. The van der Waals surface area contributed by atoms with Gasteiger partial charge in [0, 0.05) is 0 Å². The van der Waals surface area contributed by atoms with Gasteiger partial charge in [-0.15, -0.1) is 0 Å². The zero-order chi connectivity index (χ0) is 14.0. The summed E-state index contributed by atoms with van der Waals surface area (Å²) >= 11 is 0. The van der Waals surface area contributed by atoms with Crippen molar-refractivity contribution >= 4 is 22.7 Å². The number of carboxylic acid groups (broad SMARTS) is 2. The van der Waals surface area contributed by atoms with Gasteiger partial charge >= 0.3 is 11.9 Å². The highest BCUT2D eigenvalue weighted by molar-refractivity contribution is 5.95.